The van der Waals surface area contributed by atoms with E-state index in [9.17, 15) is 8.42 Å². The number of benzene rings is 1. The molecule has 136 valence electrons. The summed E-state index contributed by atoms with van der Waals surface area (Å²) in [5, 5.41) is -0.166. The lowest BCUT2D eigenvalue weighted by atomic mass is 9.96. The molecule has 3 nitrogen and oxygen atoms in total. The molecule has 4 heteroatoms. The molecular formula is C22H25NO2S. The second kappa shape index (κ2) is 6.99. The van der Waals surface area contributed by atoms with Gasteiger partial charge in [0.1, 0.15) is 0 Å². The van der Waals surface area contributed by atoms with Crippen LogP contribution in [0.15, 0.2) is 53.6 Å². The van der Waals surface area contributed by atoms with Gasteiger partial charge >= 0.3 is 0 Å². The van der Waals surface area contributed by atoms with Crippen LogP contribution in [0.2, 0.25) is 0 Å². The average molecular weight is 368 g/mol. The third-order valence-corrected chi connectivity index (χ3v) is 7.72. The lowest BCUT2D eigenvalue weighted by Gasteiger charge is -2.12. The molecule has 1 heterocycles. The molecule has 2 aliphatic rings. The Morgan fingerprint density at radius 1 is 1.00 bits per heavy atom. The average Bonchev–Trinajstić information content (AvgIpc) is 3.39. The maximum absolute atomic E-state index is 12.4. The van der Waals surface area contributed by atoms with Crippen LogP contribution in [-0.2, 0) is 9.84 Å². The topological polar surface area (TPSA) is 47.0 Å². The van der Waals surface area contributed by atoms with Gasteiger partial charge in [-0.1, -0.05) is 37.1 Å². The molecule has 1 aromatic heterocycles. The summed E-state index contributed by atoms with van der Waals surface area (Å²) < 4.78 is 24.9. The van der Waals surface area contributed by atoms with Crippen LogP contribution in [0.1, 0.15) is 55.3 Å². The Labute approximate surface area is 156 Å². The van der Waals surface area contributed by atoms with Gasteiger partial charge in [-0.3, -0.25) is 4.98 Å². The summed E-state index contributed by atoms with van der Waals surface area (Å²) in [6, 6.07) is 11.6. The molecule has 0 saturated heterocycles. The Morgan fingerprint density at radius 2 is 1.69 bits per heavy atom. The largest absolute Gasteiger partial charge is 0.256 e. The van der Waals surface area contributed by atoms with Crippen molar-refractivity contribution < 1.29 is 8.42 Å². The van der Waals surface area contributed by atoms with E-state index in [4.69, 9.17) is 0 Å². The van der Waals surface area contributed by atoms with Gasteiger partial charge in [-0.05, 0) is 67.9 Å². The first kappa shape index (κ1) is 17.5. The molecule has 2 aliphatic carbocycles. The highest BCUT2D eigenvalue weighted by molar-refractivity contribution is 7.92. The third kappa shape index (κ3) is 3.61. The lowest BCUT2D eigenvalue weighted by Crippen LogP contribution is -2.07. The Morgan fingerprint density at radius 3 is 2.27 bits per heavy atom. The molecule has 0 atom stereocenters. The minimum atomic E-state index is -3.14. The fraction of sp³-hybridized carbons (Fsp3) is 0.409. The maximum atomic E-state index is 12.4. The molecule has 0 bridgehead atoms. The molecule has 1 aromatic carbocycles. The van der Waals surface area contributed by atoms with Gasteiger partial charge in [0, 0.05) is 11.8 Å². The number of nitrogens with zero attached hydrogens (tertiary/aromatic N) is 1. The van der Waals surface area contributed by atoms with Crippen LogP contribution in [0.4, 0.5) is 0 Å². The van der Waals surface area contributed by atoms with Gasteiger partial charge in [0.05, 0.1) is 15.8 Å². The quantitative estimate of drug-likeness (QED) is 0.751. The summed E-state index contributed by atoms with van der Waals surface area (Å²) in [4.78, 5) is 5.07. The predicted molar refractivity (Wildman–Crippen MR) is 105 cm³/mol. The SMILES string of the molecule is Cc1ccc(/C(=C/C2CCCC2)c2ccc(S(=O)(=O)C3CC3)cc2)nc1. The van der Waals surface area contributed by atoms with Crippen molar-refractivity contribution in [2.75, 3.05) is 0 Å². The second-order valence-electron chi connectivity index (χ2n) is 7.61. The summed E-state index contributed by atoms with van der Waals surface area (Å²) in [5.41, 5.74) is 4.26. The predicted octanol–water partition coefficient (Wildman–Crippen LogP) is 4.95. The molecular weight excluding hydrogens is 342 g/mol. The monoisotopic (exact) mass is 367 g/mol. The fourth-order valence-corrected chi connectivity index (χ4v) is 5.37. The number of sulfone groups is 1. The highest BCUT2D eigenvalue weighted by Crippen LogP contribution is 2.35. The molecule has 2 aromatic rings. The zero-order valence-electron chi connectivity index (χ0n) is 15.2. The summed E-state index contributed by atoms with van der Waals surface area (Å²) >= 11 is 0. The van der Waals surface area contributed by atoms with Crippen molar-refractivity contribution in [3.63, 3.8) is 0 Å². The Balaban J connectivity index is 1.70. The van der Waals surface area contributed by atoms with Crippen LogP contribution in [0, 0.1) is 12.8 Å². The van der Waals surface area contributed by atoms with E-state index in [0.29, 0.717) is 10.8 Å². The smallest absolute Gasteiger partial charge is 0.181 e. The normalized spacial score (nSPS) is 19.0. The minimum absolute atomic E-state index is 0.166. The molecule has 2 fully saturated rings. The van der Waals surface area contributed by atoms with Gasteiger partial charge < -0.3 is 0 Å². The van der Waals surface area contributed by atoms with Gasteiger partial charge in [0.25, 0.3) is 0 Å². The van der Waals surface area contributed by atoms with E-state index >= 15 is 0 Å². The third-order valence-electron chi connectivity index (χ3n) is 5.45. The number of hydrogen-bond donors (Lipinski definition) is 0. The maximum Gasteiger partial charge on any atom is 0.181 e. The number of pyridine rings is 1. The molecule has 26 heavy (non-hydrogen) atoms. The Hall–Kier alpha value is -1.94. The fourth-order valence-electron chi connectivity index (χ4n) is 3.71. The summed E-state index contributed by atoms with van der Waals surface area (Å²) in [7, 11) is -3.14. The summed E-state index contributed by atoms with van der Waals surface area (Å²) in [6.45, 7) is 2.04. The van der Waals surface area contributed by atoms with Gasteiger partial charge in [0.15, 0.2) is 9.84 Å². The van der Waals surface area contributed by atoms with Crippen LogP contribution in [0.3, 0.4) is 0 Å². The van der Waals surface area contributed by atoms with E-state index in [-0.39, 0.29) is 5.25 Å². The summed E-state index contributed by atoms with van der Waals surface area (Å²) in [5.74, 6) is 0.586. The van der Waals surface area contributed by atoms with Gasteiger partial charge in [-0.15, -0.1) is 0 Å². The Kier molecular flexibility index (Phi) is 4.70. The first-order chi connectivity index (χ1) is 12.5. The van der Waals surface area contributed by atoms with Crippen molar-refractivity contribution in [1.82, 2.24) is 4.98 Å². The van der Waals surface area contributed by atoms with E-state index in [1.807, 2.05) is 25.3 Å². The van der Waals surface area contributed by atoms with Crippen LogP contribution in [0.5, 0.6) is 0 Å². The van der Waals surface area contributed by atoms with Crippen LogP contribution < -0.4 is 0 Å². The molecule has 0 spiro atoms. The molecule has 0 unspecified atom stereocenters. The number of rotatable bonds is 5. The first-order valence-corrected chi connectivity index (χ1v) is 11.1. The van der Waals surface area contributed by atoms with Crippen LogP contribution in [0.25, 0.3) is 5.57 Å². The van der Waals surface area contributed by atoms with Crippen molar-refractivity contribution in [3.8, 4) is 0 Å². The zero-order chi connectivity index (χ0) is 18.1. The van der Waals surface area contributed by atoms with Crippen LogP contribution >= 0.6 is 0 Å². The van der Waals surface area contributed by atoms with Gasteiger partial charge in [-0.25, -0.2) is 8.42 Å². The van der Waals surface area contributed by atoms with Crippen molar-refractivity contribution in [3.05, 3.63) is 65.5 Å². The van der Waals surface area contributed by atoms with E-state index in [1.54, 1.807) is 12.1 Å². The van der Waals surface area contributed by atoms with Gasteiger partial charge in [0.2, 0.25) is 0 Å². The van der Waals surface area contributed by atoms with E-state index in [2.05, 4.69) is 23.2 Å². The summed E-state index contributed by atoms with van der Waals surface area (Å²) in [6.07, 6.45) is 10.9. The standard InChI is InChI=1S/C22H25NO2S/c1-16-6-13-22(23-15-16)21(14-17-4-2-3-5-17)18-7-9-19(10-8-18)26(24,25)20-11-12-20/h6-10,13-15,17,20H,2-5,11-12H2,1H3/b21-14+. The number of aryl methyl sites for hydroxylation is 1. The lowest BCUT2D eigenvalue weighted by molar-refractivity contribution is 0.595. The van der Waals surface area contributed by atoms with E-state index in [1.165, 1.54) is 25.7 Å². The number of allylic oxidation sites excluding steroid dienone is 1. The van der Waals surface area contributed by atoms with E-state index < -0.39 is 9.84 Å². The molecule has 0 radical (unpaired) electrons. The number of aromatic nitrogens is 1. The Bertz CT molecular complexity index is 902. The van der Waals surface area contributed by atoms with Crippen molar-refractivity contribution in [1.29, 1.82) is 0 Å². The highest BCUT2D eigenvalue weighted by atomic mass is 32.2. The zero-order valence-corrected chi connectivity index (χ0v) is 16.0. The highest BCUT2D eigenvalue weighted by Gasteiger charge is 2.36. The minimum Gasteiger partial charge on any atom is -0.256 e. The van der Waals surface area contributed by atoms with Crippen LogP contribution in [-0.4, -0.2) is 18.7 Å². The molecule has 0 amide bonds. The van der Waals surface area contributed by atoms with Crippen molar-refractivity contribution in [2.24, 2.45) is 5.92 Å². The number of hydrogen-bond acceptors (Lipinski definition) is 3. The molecule has 4 rings (SSSR count). The molecule has 2 saturated carbocycles. The molecule has 0 aliphatic heterocycles. The van der Waals surface area contributed by atoms with Crippen molar-refractivity contribution >= 4 is 15.4 Å². The first-order valence-electron chi connectivity index (χ1n) is 9.53. The van der Waals surface area contributed by atoms with Crippen molar-refractivity contribution in [2.45, 2.75) is 55.6 Å². The van der Waals surface area contributed by atoms with Gasteiger partial charge in [-0.2, -0.15) is 0 Å². The molecule has 0 N–H and O–H groups in total. The second-order valence-corrected chi connectivity index (χ2v) is 9.84. The van der Waals surface area contributed by atoms with E-state index in [0.717, 1.165) is 35.2 Å².